The molecule has 1 unspecified atom stereocenters. The Hall–Kier alpha value is -3.32. The lowest BCUT2D eigenvalue weighted by Gasteiger charge is -2.27. The van der Waals surface area contributed by atoms with E-state index >= 15 is 0 Å². The first-order valence-corrected chi connectivity index (χ1v) is 11.5. The molecule has 2 N–H and O–H groups in total. The molecule has 1 fully saturated rings. The summed E-state index contributed by atoms with van der Waals surface area (Å²) in [4.78, 5) is 50.6. The van der Waals surface area contributed by atoms with Gasteiger partial charge in [-0.25, -0.2) is 0 Å². The van der Waals surface area contributed by atoms with Gasteiger partial charge in [-0.2, -0.15) is 0 Å². The molecule has 1 saturated heterocycles. The molecule has 2 aromatic carbocycles. The number of carbonyl (C=O) groups is 4. The van der Waals surface area contributed by atoms with Crippen molar-refractivity contribution in [2.24, 2.45) is 5.92 Å². The Morgan fingerprint density at radius 1 is 0.970 bits per heavy atom. The molecule has 2 aliphatic heterocycles. The van der Waals surface area contributed by atoms with Gasteiger partial charge in [-0.3, -0.25) is 29.4 Å². The molecule has 2 heterocycles. The third-order valence-corrected chi connectivity index (χ3v) is 6.19. The standard InChI is InChI=1S/C26H29N3O4/c1-16(2)10-12-27-13-11-17-4-3-5-18(14-17)19-6-7-20-21(15-19)26(33)29(25(20)32)22-8-9-23(30)28-24(22)31/h3-7,14-16,22,27H,8-13H2,1-2H3,(H,28,30,31). The SMILES string of the molecule is CC(C)CCNCCc1cccc(-c2ccc3c(c2)C(=O)N(C2CCC(=O)NC2=O)C3=O)c1. The predicted octanol–water partition coefficient (Wildman–Crippen LogP) is 2.93. The maximum Gasteiger partial charge on any atom is 0.262 e. The molecule has 0 saturated carbocycles. The minimum atomic E-state index is -0.954. The second kappa shape index (κ2) is 9.67. The van der Waals surface area contributed by atoms with Gasteiger partial charge in [0.25, 0.3) is 11.8 Å². The van der Waals surface area contributed by atoms with Crippen LogP contribution in [0.2, 0.25) is 0 Å². The Kier molecular flexibility index (Phi) is 6.70. The molecule has 33 heavy (non-hydrogen) atoms. The number of hydrogen-bond donors (Lipinski definition) is 2. The minimum absolute atomic E-state index is 0.105. The summed E-state index contributed by atoms with van der Waals surface area (Å²) in [5.74, 6) is -1.28. The number of piperidine rings is 1. The minimum Gasteiger partial charge on any atom is -0.316 e. The topological polar surface area (TPSA) is 95.6 Å². The van der Waals surface area contributed by atoms with Crippen LogP contribution in [0.25, 0.3) is 11.1 Å². The van der Waals surface area contributed by atoms with Crippen molar-refractivity contribution in [3.8, 4) is 11.1 Å². The van der Waals surface area contributed by atoms with E-state index in [0.717, 1.165) is 42.0 Å². The quantitative estimate of drug-likeness (QED) is 0.479. The van der Waals surface area contributed by atoms with Gasteiger partial charge in [0.15, 0.2) is 0 Å². The molecule has 172 valence electrons. The van der Waals surface area contributed by atoms with Crippen molar-refractivity contribution >= 4 is 23.6 Å². The number of carbonyl (C=O) groups excluding carboxylic acids is 4. The average Bonchev–Trinajstić information content (AvgIpc) is 3.03. The largest absolute Gasteiger partial charge is 0.316 e. The van der Waals surface area contributed by atoms with Crippen LogP contribution in [0.4, 0.5) is 0 Å². The van der Waals surface area contributed by atoms with Crippen molar-refractivity contribution in [3.63, 3.8) is 0 Å². The van der Waals surface area contributed by atoms with Gasteiger partial charge in [-0.1, -0.05) is 44.2 Å². The summed E-state index contributed by atoms with van der Waals surface area (Å²) in [6.07, 6.45) is 2.31. The van der Waals surface area contributed by atoms with Crippen molar-refractivity contribution < 1.29 is 19.2 Å². The van der Waals surface area contributed by atoms with Gasteiger partial charge in [0, 0.05) is 6.42 Å². The first-order chi connectivity index (χ1) is 15.8. The fraction of sp³-hybridized carbons (Fsp3) is 0.385. The number of amides is 4. The zero-order valence-corrected chi connectivity index (χ0v) is 19.0. The molecule has 0 aromatic heterocycles. The van der Waals surface area contributed by atoms with E-state index in [1.807, 2.05) is 18.2 Å². The highest BCUT2D eigenvalue weighted by Crippen LogP contribution is 2.31. The molecule has 0 spiro atoms. The third-order valence-electron chi connectivity index (χ3n) is 6.19. The maximum atomic E-state index is 13.1. The lowest BCUT2D eigenvalue weighted by atomic mass is 9.98. The maximum absolute atomic E-state index is 13.1. The molecule has 1 atom stereocenters. The lowest BCUT2D eigenvalue weighted by Crippen LogP contribution is -2.54. The van der Waals surface area contributed by atoms with E-state index < -0.39 is 23.8 Å². The fourth-order valence-corrected chi connectivity index (χ4v) is 4.31. The van der Waals surface area contributed by atoms with Crippen LogP contribution in [-0.4, -0.2) is 47.7 Å². The Morgan fingerprint density at radius 2 is 1.73 bits per heavy atom. The Balaban J connectivity index is 1.49. The van der Waals surface area contributed by atoms with Crippen molar-refractivity contribution in [1.82, 2.24) is 15.5 Å². The van der Waals surface area contributed by atoms with Gasteiger partial charge in [0.2, 0.25) is 11.8 Å². The second-order valence-electron chi connectivity index (χ2n) is 9.09. The zero-order valence-electron chi connectivity index (χ0n) is 19.0. The molecule has 7 nitrogen and oxygen atoms in total. The number of benzene rings is 2. The van der Waals surface area contributed by atoms with Gasteiger partial charge < -0.3 is 5.32 Å². The molecule has 0 aliphatic carbocycles. The number of imide groups is 2. The summed E-state index contributed by atoms with van der Waals surface area (Å²) in [7, 11) is 0. The number of nitrogens with one attached hydrogen (secondary N) is 2. The van der Waals surface area contributed by atoms with Crippen molar-refractivity contribution in [2.45, 2.75) is 45.6 Å². The van der Waals surface area contributed by atoms with Crippen molar-refractivity contribution in [3.05, 3.63) is 59.2 Å². The van der Waals surface area contributed by atoms with Crippen LogP contribution in [-0.2, 0) is 16.0 Å². The van der Waals surface area contributed by atoms with E-state index in [0.29, 0.717) is 17.0 Å². The van der Waals surface area contributed by atoms with E-state index in [1.165, 1.54) is 5.56 Å². The summed E-state index contributed by atoms with van der Waals surface area (Å²) in [6, 6.07) is 12.4. The van der Waals surface area contributed by atoms with Crippen molar-refractivity contribution in [2.75, 3.05) is 13.1 Å². The molecule has 4 amide bonds. The summed E-state index contributed by atoms with van der Waals surface area (Å²) < 4.78 is 0. The third kappa shape index (κ3) is 4.88. The molecular formula is C26H29N3O4. The molecular weight excluding hydrogens is 418 g/mol. The van der Waals surface area contributed by atoms with Gasteiger partial charge >= 0.3 is 0 Å². The summed E-state index contributed by atoms with van der Waals surface area (Å²) in [6.45, 7) is 6.32. The molecule has 7 heteroatoms. The summed E-state index contributed by atoms with van der Waals surface area (Å²) in [5.41, 5.74) is 3.59. The number of rotatable bonds is 8. The first kappa shape index (κ1) is 22.9. The normalized spacial score (nSPS) is 18.2. The molecule has 2 aliphatic rings. The van der Waals surface area contributed by atoms with Crippen LogP contribution in [0.3, 0.4) is 0 Å². The second-order valence-corrected chi connectivity index (χ2v) is 9.09. The van der Waals surface area contributed by atoms with Crippen LogP contribution < -0.4 is 10.6 Å². The van der Waals surface area contributed by atoms with E-state index in [2.05, 4.69) is 36.6 Å². The van der Waals surface area contributed by atoms with Gasteiger partial charge in [0.1, 0.15) is 6.04 Å². The molecule has 0 radical (unpaired) electrons. The van der Waals surface area contributed by atoms with E-state index in [4.69, 9.17) is 0 Å². The fourth-order valence-electron chi connectivity index (χ4n) is 4.31. The first-order valence-electron chi connectivity index (χ1n) is 11.5. The van der Waals surface area contributed by atoms with Crippen LogP contribution in [0, 0.1) is 5.92 Å². The van der Waals surface area contributed by atoms with Crippen molar-refractivity contribution in [1.29, 1.82) is 0 Å². The number of fused-ring (bicyclic) bond motifs is 1. The summed E-state index contributed by atoms with van der Waals surface area (Å²) >= 11 is 0. The average molecular weight is 448 g/mol. The predicted molar refractivity (Wildman–Crippen MR) is 125 cm³/mol. The van der Waals surface area contributed by atoms with Crippen LogP contribution in [0.5, 0.6) is 0 Å². The number of hydrogen-bond acceptors (Lipinski definition) is 5. The monoisotopic (exact) mass is 447 g/mol. The smallest absolute Gasteiger partial charge is 0.262 e. The van der Waals surface area contributed by atoms with Crippen LogP contribution in [0.15, 0.2) is 42.5 Å². The van der Waals surface area contributed by atoms with Crippen LogP contribution >= 0.6 is 0 Å². The number of nitrogens with zero attached hydrogens (tertiary/aromatic N) is 1. The Morgan fingerprint density at radius 3 is 2.48 bits per heavy atom. The van der Waals surface area contributed by atoms with Gasteiger partial charge in [-0.05, 0) is 67.1 Å². The lowest BCUT2D eigenvalue weighted by molar-refractivity contribution is -0.136. The zero-order chi connectivity index (χ0) is 23.5. The van der Waals surface area contributed by atoms with Gasteiger partial charge in [0.05, 0.1) is 11.1 Å². The molecule has 4 rings (SSSR count). The molecule has 2 aromatic rings. The van der Waals surface area contributed by atoms with E-state index in [1.54, 1.807) is 12.1 Å². The molecule has 0 bridgehead atoms. The Bertz CT molecular complexity index is 1110. The highest BCUT2D eigenvalue weighted by atomic mass is 16.2. The highest BCUT2D eigenvalue weighted by Gasteiger charge is 2.44. The highest BCUT2D eigenvalue weighted by molar-refractivity contribution is 6.23. The van der Waals surface area contributed by atoms with E-state index in [-0.39, 0.29) is 18.7 Å². The van der Waals surface area contributed by atoms with Crippen LogP contribution in [0.1, 0.15) is 59.4 Å². The van der Waals surface area contributed by atoms with E-state index in [9.17, 15) is 19.2 Å². The Labute approximate surface area is 193 Å². The summed E-state index contributed by atoms with van der Waals surface area (Å²) in [5, 5.41) is 5.69. The van der Waals surface area contributed by atoms with Gasteiger partial charge in [-0.15, -0.1) is 0 Å².